The Kier molecular flexibility index (Phi) is 5.27. The van der Waals surface area contributed by atoms with Gasteiger partial charge >= 0.3 is 0 Å². The number of carbonyl (C=O) groups is 1. The zero-order valence-electron chi connectivity index (χ0n) is 13.7. The Hall–Kier alpha value is -1.51. The first-order valence-electron chi connectivity index (χ1n) is 7.99. The number of nitrogens with zero attached hydrogens (tertiary/aromatic N) is 1. The highest BCUT2D eigenvalue weighted by Crippen LogP contribution is 2.24. The first kappa shape index (κ1) is 15.9. The number of carbonyl (C=O) groups excluding carboxylic acids is 1. The molecule has 0 unspecified atom stereocenters. The molecule has 0 bridgehead atoms. The fourth-order valence-corrected chi connectivity index (χ4v) is 3.01. The summed E-state index contributed by atoms with van der Waals surface area (Å²) in [5.41, 5.74) is 2.22. The van der Waals surface area contributed by atoms with Crippen molar-refractivity contribution in [3.8, 4) is 5.75 Å². The molecule has 0 heterocycles. The highest BCUT2D eigenvalue weighted by atomic mass is 16.5. The molecule has 1 saturated carbocycles. The van der Waals surface area contributed by atoms with Crippen molar-refractivity contribution in [3.63, 3.8) is 0 Å². The van der Waals surface area contributed by atoms with E-state index in [0.717, 1.165) is 29.7 Å². The summed E-state index contributed by atoms with van der Waals surface area (Å²) < 4.78 is 5.91. The van der Waals surface area contributed by atoms with Crippen molar-refractivity contribution in [3.05, 3.63) is 29.3 Å². The van der Waals surface area contributed by atoms with Crippen LogP contribution in [0, 0.1) is 13.8 Å². The fourth-order valence-electron chi connectivity index (χ4n) is 3.01. The first-order valence-corrected chi connectivity index (χ1v) is 7.99. The second-order valence-corrected chi connectivity index (χ2v) is 6.27. The van der Waals surface area contributed by atoms with Gasteiger partial charge in [0.25, 0.3) is 5.91 Å². The van der Waals surface area contributed by atoms with E-state index in [-0.39, 0.29) is 5.91 Å². The highest BCUT2D eigenvalue weighted by Gasteiger charge is 2.26. The average Bonchev–Trinajstić information content (AvgIpc) is 2.50. The van der Waals surface area contributed by atoms with Crippen LogP contribution < -0.4 is 4.74 Å². The van der Waals surface area contributed by atoms with Crippen molar-refractivity contribution < 1.29 is 9.53 Å². The second kappa shape index (κ2) is 6.97. The Bertz CT molecular complexity index is 492. The number of hydrogen-bond acceptors (Lipinski definition) is 2. The molecule has 1 atom stereocenters. The quantitative estimate of drug-likeness (QED) is 0.842. The summed E-state index contributed by atoms with van der Waals surface area (Å²) >= 11 is 0. The van der Waals surface area contributed by atoms with Gasteiger partial charge in [-0.15, -0.1) is 0 Å². The van der Waals surface area contributed by atoms with Gasteiger partial charge < -0.3 is 9.64 Å². The Balaban J connectivity index is 1.99. The predicted octanol–water partition coefficient (Wildman–Crippen LogP) is 3.86. The van der Waals surface area contributed by atoms with Gasteiger partial charge in [0.2, 0.25) is 0 Å². The Morgan fingerprint density at radius 1 is 1.24 bits per heavy atom. The van der Waals surface area contributed by atoms with Crippen molar-refractivity contribution in [1.29, 1.82) is 0 Å². The zero-order chi connectivity index (χ0) is 15.4. The van der Waals surface area contributed by atoms with E-state index in [1.54, 1.807) is 0 Å². The van der Waals surface area contributed by atoms with Gasteiger partial charge in [-0.3, -0.25) is 4.79 Å². The molecule has 0 spiro atoms. The summed E-state index contributed by atoms with van der Waals surface area (Å²) in [6, 6.07) is 6.48. The lowest BCUT2D eigenvalue weighted by molar-refractivity contribution is -0.139. The molecule has 0 radical (unpaired) electrons. The Labute approximate surface area is 128 Å². The van der Waals surface area contributed by atoms with Crippen LogP contribution in [-0.4, -0.2) is 30.0 Å². The number of aryl methyl sites for hydroxylation is 2. The Morgan fingerprint density at radius 3 is 2.57 bits per heavy atom. The van der Waals surface area contributed by atoms with Crippen molar-refractivity contribution in [2.24, 2.45) is 0 Å². The van der Waals surface area contributed by atoms with E-state index in [2.05, 4.69) is 6.07 Å². The van der Waals surface area contributed by atoms with Gasteiger partial charge in [0.1, 0.15) is 5.75 Å². The number of ether oxygens (including phenoxy) is 1. The molecule has 0 saturated heterocycles. The second-order valence-electron chi connectivity index (χ2n) is 6.27. The van der Waals surface area contributed by atoms with Crippen molar-refractivity contribution in [1.82, 2.24) is 4.90 Å². The molecule has 1 aliphatic rings. The molecule has 3 nitrogen and oxygen atoms in total. The minimum Gasteiger partial charge on any atom is -0.481 e. The topological polar surface area (TPSA) is 29.5 Å². The van der Waals surface area contributed by atoms with E-state index in [0.29, 0.717) is 6.04 Å². The normalized spacial score (nSPS) is 17.3. The summed E-state index contributed by atoms with van der Waals surface area (Å²) in [6.45, 7) is 5.90. The lowest BCUT2D eigenvalue weighted by atomic mass is 9.94. The third-order valence-corrected chi connectivity index (χ3v) is 4.47. The number of hydrogen-bond donors (Lipinski definition) is 0. The number of benzene rings is 1. The van der Waals surface area contributed by atoms with Gasteiger partial charge in [-0.2, -0.15) is 0 Å². The molecule has 1 aliphatic carbocycles. The molecule has 116 valence electrons. The van der Waals surface area contributed by atoms with Gasteiger partial charge in [-0.25, -0.2) is 0 Å². The van der Waals surface area contributed by atoms with E-state index in [1.165, 1.54) is 19.3 Å². The molecular formula is C18H27NO2. The van der Waals surface area contributed by atoms with Crippen LogP contribution >= 0.6 is 0 Å². The van der Waals surface area contributed by atoms with E-state index in [9.17, 15) is 4.79 Å². The lowest BCUT2D eigenvalue weighted by Crippen LogP contribution is -2.44. The van der Waals surface area contributed by atoms with Crippen molar-refractivity contribution in [2.75, 3.05) is 7.05 Å². The van der Waals surface area contributed by atoms with Gasteiger partial charge in [0.15, 0.2) is 6.10 Å². The standard InChI is InChI=1S/C18H27NO2/c1-13-10-11-14(2)17(12-13)21-15(3)18(20)19(4)16-8-6-5-7-9-16/h10-12,15-16H,5-9H2,1-4H3/t15-/m1/s1. The maximum atomic E-state index is 12.5. The maximum absolute atomic E-state index is 12.5. The van der Waals surface area contributed by atoms with Crippen molar-refractivity contribution >= 4 is 5.91 Å². The summed E-state index contributed by atoms with van der Waals surface area (Å²) in [5, 5.41) is 0. The molecule has 0 aromatic heterocycles. The van der Waals surface area contributed by atoms with Crippen LogP contribution in [0.3, 0.4) is 0 Å². The molecule has 1 fully saturated rings. The van der Waals surface area contributed by atoms with Crippen LogP contribution in [0.5, 0.6) is 5.75 Å². The summed E-state index contributed by atoms with van der Waals surface area (Å²) in [4.78, 5) is 14.4. The third-order valence-electron chi connectivity index (χ3n) is 4.47. The maximum Gasteiger partial charge on any atom is 0.263 e. The van der Waals surface area contributed by atoms with Gasteiger partial charge in [0, 0.05) is 13.1 Å². The number of likely N-dealkylation sites (N-methyl/N-ethyl adjacent to an activating group) is 1. The molecular weight excluding hydrogens is 262 g/mol. The van der Waals surface area contributed by atoms with E-state index in [1.807, 2.05) is 44.9 Å². The van der Waals surface area contributed by atoms with Crippen LogP contribution in [0.4, 0.5) is 0 Å². The fraction of sp³-hybridized carbons (Fsp3) is 0.611. The lowest BCUT2D eigenvalue weighted by Gasteiger charge is -2.33. The van der Waals surface area contributed by atoms with Crippen LogP contribution in [0.2, 0.25) is 0 Å². The van der Waals surface area contributed by atoms with Crippen LogP contribution in [-0.2, 0) is 4.79 Å². The van der Waals surface area contributed by atoms with Crippen LogP contribution in [0.15, 0.2) is 18.2 Å². The van der Waals surface area contributed by atoms with Gasteiger partial charge in [-0.05, 0) is 50.8 Å². The Morgan fingerprint density at radius 2 is 1.90 bits per heavy atom. The number of amides is 1. The van der Waals surface area contributed by atoms with E-state index >= 15 is 0 Å². The monoisotopic (exact) mass is 289 g/mol. The molecule has 1 aromatic rings. The summed E-state index contributed by atoms with van der Waals surface area (Å²) in [7, 11) is 1.92. The molecule has 0 aliphatic heterocycles. The van der Waals surface area contributed by atoms with E-state index in [4.69, 9.17) is 4.74 Å². The molecule has 3 heteroatoms. The average molecular weight is 289 g/mol. The minimum atomic E-state index is -0.433. The molecule has 0 N–H and O–H groups in total. The zero-order valence-corrected chi connectivity index (χ0v) is 13.7. The summed E-state index contributed by atoms with van der Waals surface area (Å²) in [5.74, 6) is 0.899. The summed E-state index contributed by atoms with van der Waals surface area (Å²) in [6.07, 6.45) is 5.57. The largest absolute Gasteiger partial charge is 0.481 e. The van der Waals surface area contributed by atoms with Crippen LogP contribution in [0.25, 0.3) is 0 Å². The number of rotatable bonds is 4. The smallest absolute Gasteiger partial charge is 0.263 e. The minimum absolute atomic E-state index is 0.0859. The van der Waals surface area contributed by atoms with Gasteiger partial charge in [0.05, 0.1) is 0 Å². The SMILES string of the molecule is Cc1ccc(C)c(O[C@H](C)C(=O)N(C)C2CCCCC2)c1. The highest BCUT2D eigenvalue weighted by molar-refractivity contribution is 5.81. The van der Waals surface area contributed by atoms with Crippen molar-refractivity contribution in [2.45, 2.75) is 65.0 Å². The van der Waals surface area contributed by atoms with Gasteiger partial charge in [-0.1, -0.05) is 31.4 Å². The molecule has 21 heavy (non-hydrogen) atoms. The molecule has 2 rings (SSSR count). The molecule has 1 aromatic carbocycles. The predicted molar refractivity (Wildman–Crippen MR) is 85.6 cm³/mol. The molecule has 1 amide bonds. The van der Waals surface area contributed by atoms with Crippen LogP contribution in [0.1, 0.15) is 50.2 Å². The first-order chi connectivity index (χ1) is 9.99. The third kappa shape index (κ3) is 3.99. The van der Waals surface area contributed by atoms with E-state index < -0.39 is 6.10 Å².